The zero-order valence-electron chi connectivity index (χ0n) is 10.6. The Bertz CT molecular complexity index is 663. The van der Waals surface area contributed by atoms with Crippen LogP contribution in [0.15, 0.2) is 54.7 Å². The van der Waals surface area contributed by atoms with Crippen molar-refractivity contribution in [3.05, 3.63) is 54.7 Å². The van der Waals surface area contributed by atoms with Crippen LogP contribution in [0, 0.1) is 0 Å². The normalized spacial score (nSPS) is 10.8. The highest BCUT2D eigenvalue weighted by Gasteiger charge is 2.05. The third-order valence-electron chi connectivity index (χ3n) is 3.27. The van der Waals surface area contributed by atoms with Crippen LogP contribution < -0.4 is 4.90 Å². The van der Waals surface area contributed by atoms with Crippen molar-refractivity contribution < 1.29 is 0 Å². The van der Waals surface area contributed by atoms with Crippen molar-refractivity contribution in [1.82, 2.24) is 4.98 Å². The minimum atomic E-state index is 1.19. The smallest absolute Gasteiger partial charge is 0.0533 e. The van der Waals surface area contributed by atoms with E-state index in [1.165, 1.54) is 27.7 Å². The predicted octanol–water partition coefficient (Wildman–Crippen LogP) is 3.90. The van der Waals surface area contributed by atoms with E-state index >= 15 is 0 Å². The van der Waals surface area contributed by atoms with Crippen LogP contribution in [0.1, 0.15) is 0 Å². The molecule has 0 atom stereocenters. The van der Waals surface area contributed by atoms with Crippen LogP contribution in [0.4, 0.5) is 5.69 Å². The van der Waals surface area contributed by atoms with E-state index in [9.17, 15) is 0 Å². The number of nitrogens with zero attached hydrogens (tertiary/aromatic N) is 1. The molecule has 0 aliphatic rings. The Morgan fingerprint density at radius 1 is 0.889 bits per heavy atom. The fraction of sp³-hybridized carbons (Fsp3) is 0.125. The van der Waals surface area contributed by atoms with E-state index in [4.69, 9.17) is 0 Å². The highest BCUT2D eigenvalue weighted by atomic mass is 15.1. The lowest BCUT2D eigenvalue weighted by molar-refractivity contribution is 1.13. The van der Waals surface area contributed by atoms with Gasteiger partial charge in [-0.15, -0.1) is 0 Å². The number of aromatic nitrogens is 1. The van der Waals surface area contributed by atoms with Gasteiger partial charge in [0, 0.05) is 31.4 Å². The Kier molecular flexibility index (Phi) is 2.56. The van der Waals surface area contributed by atoms with Crippen LogP contribution in [0.5, 0.6) is 0 Å². The van der Waals surface area contributed by atoms with Gasteiger partial charge in [-0.3, -0.25) is 0 Å². The second-order valence-corrected chi connectivity index (χ2v) is 4.69. The maximum Gasteiger partial charge on any atom is 0.0533 e. The number of hydrogen-bond donors (Lipinski definition) is 1. The van der Waals surface area contributed by atoms with Gasteiger partial charge in [0.2, 0.25) is 0 Å². The first-order chi connectivity index (χ1) is 8.75. The molecule has 0 aliphatic carbocycles. The van der Waals surface area contributed by atoms with Gasteiger partial charge in [-0.2, -0.15) is 0 Å². The molecule has 1 heterocycles. The average molecular weight is 236 g/mol. The molecule has 0 amide bonds. The fourth-order valence-electron chi connectivity index (χ4n) is 2.24. The maximum absolute atomic E-state index is 3.37. The molecule has 0 spiro atoms. The second kappa shape index (κ2) is 4.22. The Morgan fingerprint density at radius 2 is 1.61 bits per heavy atom. The zero-order chi connectivity index (χ0) is 12.5. The summed E-state index contributed by atoms with van der Waals surface area (Å²) in [5.41, 5.74) is 3.63. The molecule has 2 nitrogen and oxygen atoms in total. The number of aromatic amines is 1. The number of H-pyrrole nitrogens is 1. The Morgan fingerprint density at radius 3 is 2.33 bits per heavy atom. The first-order valence-electron chi connectivity index (χ1n) is 6.09. The summed E-state index contributed by atoms with van der Waals surface area (Å²) in [5.74, 6) is 0. The monoisotopic (exact) mass is 236 g/mol. The molecule has 2 heteroatoms. The van der Waals surface area contributed by atoms with E-state index in [1.807, 2.05) is 0 Å². The van der Waals surface area contributed by atoms with Gasteiger partial charge < -0.3 is 9.88 Å². The summed E-state index contributed by atoms with van der Waals surface area (Å²) in [5, 5.41) is 2.53. The van der Waals surface area contributed by atoms with E-state index in [0.29, 0.717) is 0 Å². The molecule has 0 bridgehead atoms. The van der Waals surface area contributed by atoms with Gasteiger partial charge in [0.05, 0.1) is 5.69 Å². The number of hydrogen-bond acceptors (Lipinski definition) is 1. The summed E-state index contributed by atoms with van der Waals surface area (Å²) in [4.78, 5) is 5.47. The van der Waals surface area contributed by atoms with E-state index < -0.39 is 0 Å². The molecule has 2 aromatic carbocycles. The van der Waals surface area contributed by atoms with Crippen LogP contribution >= 0.6 is 0 Å². The van der Waals surface area contributed by atoms with Gasteiger partial charge in [0.15, 0.2) is 0 Å². The standard InChI is InChI=1S/C16H16N2/c1-18(2)14-9-7-12(8-10-14)16-15-6-4-3-5-13(15)11-17-16/h3-11,17H,1-2H3. The predicted molar refractivity (Wildman–Crippen MR) is 78.1 cm³/mol. The van der Waals surface area contributed by atoms with Crippen molar-refractivity contribution in [3.8, 4) is 11.3 Å². The van der Waals surface area contributed by atoms with E-state index in [1.54, 1.807) is 0 Å². The van der Waals surface area contributed by atoms with Gasteiger partial charge in [-0.05, 0) is 23.1 Å². The van der Waals surface area contributed by atoms with Crippen LogP contribution in [-0.4, -0.2) is 19.1 Å². The van der Waals surface area contributed by atoms with Gasteiger partial charge in [-0.25, -0.2) is 0 Å². The van der Waals surface area contributed by atoms with E-state index in [-0.39, 0.29) is 0 Å². The number of benzene rings is 2. The molecule has 90 valence electrons. The highest BCUT2D eigenvalue weighted by Crippen LogP contribution is 2.28. The Hall–Kier alpha value is -2.22. The van der Waals surface area contributed by atoms with Crippen LogP contribution in [-0.2, 0) is 0 Å². The molecule has 0 saturated heterocycles. The SMILES string of the molecule is CN(C)c1ccc(-c2[nH]cc3ccccc23)cc1. The molecule has 0 radical (unpaired) electrons. The minimum Gasteiger partial charge on any atom is -0.378 e. The first kappa shape index (κ1) is 10.9. The Labute approximate surface area is 107 Å². The first-order valence-corrected chi connectivity index (χ1v) is 6.09. The number of fused-ring (bicyclic) bond motifs is 1. The van der Waals surface area contributed by atoms with Gasteiger partial charge in [0.25, 0.3) is 0 Å². The van der Waals surface area contributed by atoms with Crippen molar-refractivity contribution in [2.75, 3.05) is 19.0 Å². The zero-order valence-corrected chi connectivity index (χ0v) is 10.6. The molecule has 3 aromatic rings. The lowest BCUT2D eigenvalue weighted by Gasteiger charge is -2.12. The molecule has 0 saturated carbocycles. The Balaban J connectivity index is 2.09. The largest absolute Gasteiger partial charge is 0.378 e. The van der Waals surface area contributed by atoms with Crippen LogP contribution in [0.25, 0.3) is 22.0 Å². The van der Waals surface area contributed by atoms with Crippen molar-refractivity contribution in [2.45, 2.75) is 0 Å². The minimum absolute atomic E-state index is 1.19. The average Bonchev–Trinajstić information content (AvgIpc) is 2.82. The quantitative estimate of drug-likeness (QED) is 0.715. The fourth-order valence-corrected chi connectivity index (χ4v) is 2.24. The second-order valence-electron chi connectivity index (χ2n) is 4.69. The van der Waals surface area contributed by atoms with Crippen LogP contribution in [0.2, 0.25) is 0 Å². The molecule has 1 N–H and O–H groups in total. The summed E-state index contributed by atoms with van der Waals surface area (Å²) >= 11 is 0. The van der Waals surface area contributed by atoms with Crippen molar-refractivity contribution in [2.24, 2.45) is 0 Å². The summed E-state index contributed by atoms with van der Waals surface area (Å²) in [6.45, 7) is 0. The lowest BCUT2D eigenvalue weighted by atomic mass is 10.1. The number of nitrogens with one attached hydrogen (secondary N) is 1. The molecular formula is C16H16N2. The number of rotatable bonds is 2. The molecule has 0 fully saturated rings. The summed E-state index contributed by atoms with van der Waals surface area (Å²) in [6, 6.07) is 17.0. The third kappa shape index (κ3) is 1.76. The van der Waals surface area contributed by atoms with Gasteiger partial charge >= 0.3 is 0 Å². The molecular weight excluding hydrogens is 220 g/mol. The molecule has 0 unspecified atom stereocenters. The van der Waals surface area contributed by atoms with Gasteiger partial charge in [-0.1, -0.05) is 36.4 Å². The third-order valence-corrected chi connectivity index (χ3v) is 3.27. The lowest BCUT2D eigenvalue weighted by Crippen LogP contribution is -2.07. The van der Waals surface area contributed by atoms with Gasteiger partial charge in [0.1, 0.15) is 0 Å². The van der Waals surface area contributed by atoms with Crippen molar-refractivity contribution >= 4 is 16.5 Å². The van der Waals surface area contributed by atoms with Crippen molar-refractivity contribution in [3.63, 3.8) is 0 Å². The van der Waals surface area contributed by atoms with Crippen LogP contribution in [0.3, 0.4) is 0 Å². The maximum atomic E-state index is 3.37. The highest BCUT2D eigenvalue weighted by molar-refractivity contribution is 5.95. The topological polar surface area (TPSA) is 19.0 Å². The van der Waals surface area contributed by atoms with E-state index in [2.05, 4.69) is 78.7 Å². The molecule has 0 aliphatic heterocycles. The summed E-state index contributed by atoms with van der Waals surface area (Å²) in [6.07, 6.45) is 2.06. The van der Waals surface area contributed by atoms with E-state index in [0.717, 1.165) is 0 Å². The summed E-state index contributed by atoms with van der Waals surface area (Å²) in [7, 11) is 4.11. The molecule has 3 rings (SSSR count). The number of anilines is 1. The summed E-state index contributed by atoms with van der Waals surface area (Å²) < 4.78 is 0. The van der Waals surface area contributed by atoms with Crippen molar-refractivity contribution in [1.29, 1.82) is 0 Å². The molecule has 18 heavy (non-hydrogen) atoms. The molecule has 1 aromatic heterocycles.